The summed E-state index contributed by atoms with van der Waals surface area (Å²) in [6, 6.07) is 0.361. The van der Waals surface area contributed by atoms with Crippen LogP contribution in [0.1, 0.15) is 6.92 Å². The Morgan fingerprint density at radius 2 is 2.29 bits per heavy atom. The van der Waals surface area contributed by atoms with Gasteiger partial charge in [0.1, 0.15) is 0 Å². The molecule has 14 heavy (non-hydrogen) atoms. The van der Waals surface area contributed by atoms with Gasteiger partial charge in [-0.25, -0.2) is 13.1 Å². The van der Waals surface area contributed by atoms with Gasteiger partial charge in [0.05, 0.1) is 12.8 Å². The summed E-state index contributed by atoms with van der Waals surface area (Å²) in [5.74, 6) is 0.743. The van der Waals surface area contributed by atoms with Crippen molar-refractivity contribution < 1.29 is 8.42 Å². The molecule has 1 unspecified atom stereocenters. The van der Waals surface area contributed by atoms with E-state index in [1.165, 1.54) is 0 Å². The van der Waals surface area contributed by atoms with Gasteiger partial charge < -0.3 is 10.6 Å². The van der Waals surface area contributed by atoms with E-state index in [9.17, 15) is 8.42 Å². The van der Waals surface area contributed by atoms with Crippen molar-refractivity contribution in [3.63, 3.8) is 0 Å². The molecule has 0 saturated carbocycles. The second-order valence-corrected chi connectivity index (χ2v) is 5.16. The van der Waals surface area contributed by atoms with E-state index in [1.54, 1.807) is 0 Å². The van der Waals surface area contributed by atoms with Crippen molar-refractivity contribution in [3.05, 3.63) is 0 Å². The molecule has 6 nitrogen and oxygen atoms in total. The molecule has 1 atom stereocenters. The van der Waals surface area contributed by atoms with E-state index >= 15 is 0 Å². The molecule has 1 rings (SSSR count). The lowest BCUT2D eigenvalue weighted by atomic mass is 10.4. The number of guanidine groups is 1. The van der Waals surface area contributed by atoms with Crippen LogP contribution in [-0.2, 0) is 10.0 Å². The minimum atomic E-state index is -3.08. The van der Waals surface area contributed by atoms with Gasteiger partial charge in [0.25, 0.3) is 0 Å². The van der Waals surface area contributed by atoms with Gasteiger partial charge in [-0.2, -0.15) is 0 Å². The molecule has 82 valence electrons. The quantitative estimate of drug-likeness (QED) is 0.502. The average molecular weight is 220 g/mol. The van der Waals surface area contributed by atoms with Gasteiger partial charge in [-0.3, -0.25) is 4.99 Å². The molecule has 0 radical (unpaired) electrons. The lowest BCUT2D eigenvalue weighted by molar-refractivity contribution is 0.586. The molecule has 0 aromatic rings. The molecule has 1 aliphatic heterocycles. The molecule has 0 bridgehead atoms. The Kier molecular flexibility index (Phi) is 3.70. The minimum Gasteiger partial charge on any atom is -0.355 e. The first-order valence-corrected chi connectivity index (χ1v) is 6.36. The lowest BCUT2D eigenvalue weighted by Gasteiger charge is -2.08. The number of rotatable bonds is 4. The number of nitrogens with zero attached hydrogens (tertiary/aromatic N) is 1. The molecule has 0 aliphatic carbocycles. The summed E-state index contributed by atoms with van der Waals surface area (Å²) in [6.07, 6.45) is 1.14. The molecule has 0 spiro atoms. The minimum absolute atomic E-state index is 0.361. The number of nitrogens with one attached hydrogen (secondary N) is 3. The number of aliphatic imine (C=N–C) groups is 1. The van der Waals surface area contributed by atoms with Crippen LogP contribution in [0, 0.1) is 0 Å². The SMILES string of the molecule is CC1CN=C(NCCNS(C)(=O)=O)N1. The molecule has 0 amide bonds. The maximum Gasteiger partial charge on any atom is 0.208 e. The van der Waals surface area contributed by atoms with Crippen LogP contribution in [0.4, 0.5) is 0 Å². The zero-order valence-corrected chi connectivity index (χ0v) is 9.19. The van der Waals surface area contributed by atoms with Crippen molar-refractivity contribution in [2.45, 2.75) is 13.0 Å². The van der Waals surface area contributed by atoms with E-state index in [0.29, 0.717) is 19.1 Å². The molecular weight excluding hydrogens is 204 g/mol. The Hall–Kier alpha value is -0.820. The van der Waals surface area contributed by atoms with Gasteiger partial charge in [0, 0.05) is 19.1 Å². The smallest absolute Gasteiger partial charge is 0.208 e. The van der Waals surface area contributed by atoms with Crippen LogP contribution in [0.15, 0.2) is 4.99 Å². The predicted molar refractivity (Wildman–Crippen MR) is 55.7 cm³/mol. The lowest BCUT2D eigenvalue weighted by Crippen LogP contribution is -2.41. The average Bonchev–Trinajstić information content (AvgIpc) is 2.44. The van der Waals surface area contributed by atoms with Gasteiger partial charge in [0.2, 0.25) is 10.0 Å². The van der Waals surface area contributed by atoms with Crippen LogP contribution in [0.2, 0.25) is 0 Å². The topological polar surface area (TPSA) is 82.6 Å². The van der Waals surface area contributed by atoms with E-state index in [-0.39, 0.29) is 0 Å². The highest BCUT2D eigenvalue weighted by Crippen LogP contribution is 1.91. The Balaban J connectivity index is 2.11. The van der Waals surface area contributed by atoms with Gasteiger partial charge in [-0.1, -0.05) is 0 Å². The monoisotopic (exact) mass is 220 g/mol. The van der Waals surface area contributed by atoms with Crippen LogP contribution >= 0.6 is 0 Å². The van der Waals surface area contributed by atoms with Crippen molar-refractivity contribution in [1.29, 1.82) is 0 Å². The Bertz CT molecular complexity index is 312. The Labute approximate surface area is 84.2 Å². The summed E-state index contributed by atoms with van der Waals surface area (Å²) in [4.78, 5) is 4.17. The molecule has 0 saturated heterocycles. The van der Waals surface area contributed by atoms with Gasteiger partial charge in [-0.15, -0.1) is 0 Å². The normalized spacial score (nSPS) is 21.6. The summed E-state index contributed by atoms with van der Waals surface area (Å²) in [5, 5.41) is 6.11. The molecular formula is C7H16N4O2S. The maximum absolute atomic E-state index is 10.7. The number of sulfonamides is 1. The first kappa shape index (κ1) is 11.3. The van der Waals surface area contributed by atoms with E-state index in [4.69, 9.17) is 0 Å². The first-order valence-electron chi connectivity index (χ1n) is 4.47. The van der Waals surface area contributed by atoms with Crippen LogP contribution in [0.5, 0.6) is 0 Å². The molecule has 7 heteroatoms. The molecule has 1 heterocycles. The van der Waals surface area contributed by atoms with E-state index < -0.39 is 10.0 Å². The van der Waals surface area contributed by atoms with Crippen molar-refractivity contribution in [2.75, 3.05) is 25.9 Å². The summed E-state index contributed by atoms with van der Waals surface area (Å²) in [7, 11) is -3.08. The highest BCUT2D eigenvalue weighted by atomic mass is 32.2. The van der Waals surface area contributed by atoms with Crippen LogP contribution in [-0.4, -0.2) is 46.3 Å². The number of hydrogen-bond acceptors (Lipinski definition) is 5. The van der Waals surface area contributed by atoms with Crippen LogP contribution < -0.4 is 15.4 Å². The van der Waals surface area contributed by atoms with Crippen molar-refractivity contribution in [1.82, 2.24) is 15.4 Å². The Morgan fingerprint density at radius 3 is 2.79 bits per heavy atom. The summed E-state index contributed by atoms with van der Waals surface area (Å²) >= 11 is 0. The zero-order chi connectivity index (χ0) is 10.6. The van der Waals surface area contributed by atoms with E-state index in [0.717, 1.165) is 18.8 Å². The van der Waals surface area contributed by atoms with E-state index in [1.807, 2.05) is 6.92 Å². The van der Waals surface area contributed by atoms with Gasteiger partial charge >= 0.3 is 0 Å². The predicted octanol–water partition coefficient (Wildman–Crippen LogP) is -1.53. The molecule has 3 N–H and O–H groups in total. The molecule has 1 aliphatic rings. The zero-order valence-electron chi connectivity index (χ0n) is 8.37. The van der Waals surface area contributed by atoms with Crippen molar-refractivity contribution in [2.24, 2.45) is 4.99 Å². The van der Waals surface area contributed by atoms with E-state index in [2.05, 4.69) is 20.3 Å². The van der Waals surface area contributed by atoms with Crippen LogP contribution in [0.25, 0.3) is 0 Å². The second-order valence-electron chi connectivity index (χ2n) is 3.33. The highest BCUT2D eigenvalue weighted by Gasteiger charge is 2.11. The molecule has 0 fully saturated rings. The largest absolute Gasteiger partial charge is 0.355 e. The second kappa shape index (κ2) is 4.61. The summed E-state index contributed by atoms with van der Waals surface area (Å²) in [5.41, 5.74) is 0. The fourth-order valence-corrected chi connectivity index (χ4v) is 1.55. The fraction of sp³-hybridized carbons (Fsp3) is 0.857. The third-order valence-corrected chi connectivity index (χ3v) is 2.42. The van der Waals surface area contributed by atoms with Crippen LogP contribution in [0.3, 0.4) is 0 Å². The van der Waals surface area contributed by atoms with Crippen molar-refractivity contribution in [3.8, 4) is 0 Å². The molecule has 0 aromatic heterocycles. The standard InChI is InChI=1S/C7H16N4O2S/c1-6-5-9-7(11-6)8-3-4-10-14(2,12)13/h6,10H,3-5H2,1-2H3,(H2,8,9,11). The summed E-state index contributed by atoms with van der Waals surface area (Å²) in [6.45, 7) is 3.70. The maximum atomic E-state index is 10.7. The third kappa shape index (κ3) is 4.43. The third-order valence-electron chi connectivity index (χ3n) is 1.69. The number of hydrogen-bond donors (Lipinski definition) is 3. The summed E-state index contributed by atoms with van der Waals surface area (Å²) < 4.78 is 23.8. The fourth-order valence-electron chi connectivity index (χ4n) is 1.08. The first-order chi connectivity index (χ1) is 6.47. The van der Waals surface area contributed by atoms with Crippen molar-refractivity contribution >= 4 is 16.0 Å². The molecule has 0 aromatic carbocycles. The van der Waals surface area contributed by atoms with Gasteiger partial charge in [0.15, 0.2) is 5.96 Å². The van der Waals surface area contributed by atoms with Gasteiger partial charge in [-0.05, 0) is 6.92 Å². The Morgan fingerprint density at radius 1 is 1.57 bits per heavy atom. The highest BCUT2D eigenvalue weighted by molar-refractivity contribution is 7.88.